The van der Waals surface area contributed by atoms with Crippen molar-refractivity contribution in [1.82, 2.24) is 5.43 Å². The van der Waals surface area contributed by atoms with Crippen LogP contribution in [0.5, 0.6) is 0 Å². The number of carbonyl (C=O) groups excluding carboxylic acids is 1. The van der Waals surface area contributed by atoms with Crippen molar-refractivity contribution in [2.75, 3.05) is 0 Å². The first-order valence-electron chi connectivity index (χ1n) is 5.49. The van der Waals surface area contributed by atoms with E-state index in [0.717, 1.165) is 5.56 Å². The Bertz CT molecular complexity index is 494. The summed E-state index contributed by atoms with van der Waals surface area (Å²) in [7, 11) is 0. The Kier molecular flexibility index (Phi) is 4.46. The van der Waals surface area contributed by atoms with Gasteiger partial charge in [-0.1, -0.05) is 18.2 Å². The third kappa shape index (κ3) is 3.40. The number of rotatable bonds is 5. The Labute approximate surface area is 109 Å². The Morgan fingerprint density at radius 1 is 1.22 bits per heavy atom. The minimum atomic E-state index is -0.291. The predicted molar refractivity (Wildman–Crippen MR) is 70.9 cm³/mol. The van der Waals surface area contributed by atoms with Crippen LogP contribution in [0.2, 0.25) is 0 Å². The molecule has 1 amide bonds. The van der Waals surface area contributed by atoms with E-state index in [1.165, 1.54) is 4.88 Å². The summed E-state index contributed by atoms with van der Waals surface area (Å²) in [6.45, 7) is 1.14. The topological polar surface area (TPSA) is 64.3 Å². The summed E-state index contributed by atoms with van der Waals surface area (Å²) in [5.74, 6) is 4.76. The number of nitrogens with two attached hydrogens (primary N) is 1. The third-order valence-corrected chi connectivity index (χ3v) is 3.29. The number of benzene rings is 1. The van der Waals surface area contributed by atoms with E-state index in [9.17, 15) is 4.79 Å². The number of hydrazine groups is 1. The highest BCUT2D eigenvalue weighted by molar-refractivity contribution is 7.09. The molecule has 5 heteroatoms. The van der Waals surface area contributed by atoms with Gasteiger partial charge < -0.3 is 4.74 Å². The molecule has 1 aromatic carbocycles. The van der Waals surface area contributed by atoms with Gasteiger partial charge in [0.25, 0.3) is 5.91 Å². The Hall–Kier alpha value is -1.69. The molecule has 2 aromatic rings. The van der Waals surface area contributed by atoms with Crippen LogP contribution in [0.15, 0.2) is 41.8 Å². The van der Waals surface area contributed by atoms with Gasteiger partial charge in [-0.2, -0.15) is 0 Å². The van der Waals surface area contributed by atoms with Crippen LogP contribution in [0.1, 0.15) is 20.8 Å². The maximum atomic E-state index is 11.2. The molecule has 2 rings (SSSR count). The number of ether oxygens (including phenoxy) is 1. The molecule has 0 atom stereocenters. The van der Waals surface area contributed by atoms with E-state index in [0.29, 0.717) is 18.8 Å². The molecule has 0 radical (unpaired) electrons. The second-order valence-electron chi connectivity index (χ2n) is 3.74. The van der Waals surface area contributed by atoms with Crippen molar-refractivity contribution < 1.29 is 9.53 Å². The van der Waals surface area contributed by atoms with Crippen molar-refractivity contribution in [3.63, 3.8) is 0 Å². The second kappa shape index (κ2) is 6.30. The number of carbonyl (C=O) groups is 1. The average Bonchev–Trinajstić information content (AvgIpc) is 2.92. The first-order chi connectivity index (χ1) is 8.79. The fraction of sp³-hybridized carbons (Fsp3) is 0.154. The molecule has 0 aliphatic rings. The summed E-state index contributed by atoms with van der Waals surface area (Å²) < 4.78 is 5.58. The maximum Gasteiger partial charge on any atom is 0.265 e. The van der Waals surface area contributed by atoms with E-state index in [2.05, 4.69) is 5.43 Å². The summed E-state index contributed by atoms with van der Waals surface area (Å²) in [5, 5.41) is 2.03. The lowest BCUT2D eigenvalue weighted by atomic mass is 10.1. The highest BCUT2D eigenvalue weighted by Gasteiger charge is 2.02. The van der Waals surface area contributed by atoms with Crippen molar-refractivity contribution in [2.45, 2.75) is 13.2 Å². The van der Waals surface area contributed by atoms with Crippen LogP contribution in [-0.2, 0) is 18.0 Å². The van der Waals surface area contributed by atoms with Crippen molar-refractivity contribution in [3.05, 3.63) is 57.8 Å². The lowest BCUT2D eigenvalue weighted by molar-refractivity contribution is 0.0953. The largest absolute Gasteiger partial charge is 0.371 e. The molecule has 0 aliphatic heterocycles. The standard InChI is InChI=1S/C13H14N2O2S/c14-15-13(16)11-5-3-10(4-6-11)8-17-9-12-2-1-7-18-12/h1-7H,8-9,14H2,(H,15,16). The fourth-order valence-corrected chi connectivity index (χ4v) is 2.14. The molecule has 1 aromatic heterocycles. The Balaban J connectivity index is 1.85. The molecule has 0 spiro atoms. The van der Waals surface area contributed by atoms with Gasteiger partial charge >= 0.3 is 0 Å². The predicted octanol–water partition coefficient (Wildman–Crippen LogP) is 2.07. The molecule has 1 heterocycles. The van der Waals surface area contributed by atoms with E-state index in [1.54, 1.807) is 23.5 Å². The van der Waals surface area contributed by atoms with Crippen molar-refractivity contribution in [2.24, 2.45) is 5.84 Å². The minimum Gasteiger partial charge on any atom is -0.371 e. The molecule has 18 heavy (non-hydrogen) atoms. The first-order valence-corrected chi connectivity index (χ1v) is 6.37. The molecule has 3 N–H and O–H groups in total. The maximum absolute atomic E-state index is 11.2. The van der Waals surface area contributed by atoms with Gasteiger partial charge in [-0.05, 0) is 29.1 Å². The summed E-state index contributed by atoms with van der Waals surface area (Å²) in [4.78, 5) is 12.4. The van der Waals surface area contributed by atoms with Crippen molar-refractivity contribution >= 4 is 17.2 Å². The number of amides is 1. The molecule has 0 bridgehead atoms. The van der Waals surface area contributed by atoms with Gasteiger partial charge in [0, 0.05) is 10.4 Å². The van der Waals surface area contributed by atoms with Gasteiger partial charge in [0.2, 0.25) is 0 Å². The fourth-order valence-electron chi connectivity index (χ4n) is 1.50. The Morgan fingerprint density at radius 3 is 2.61 bits per heavy atom. The van der Waals surface area contributed by atoms with E-state index >= 15 is 0 Å². The third-order valence-electron chi connectivity index (χ3n) is 2.44. The molecule has 94 valence electrons. The van der Waals surface area contributed by atoms with Gasteiger partial charge in [-0.25, -0.2) is 5.84 Å². The van der Waals surface area contributed by atoms with Crippen LogP contribution in [0.25, 0.3) is 0 Å². The van der Waals surface area contributed by atoms with Gasteiger partial charge in [0.05, 0.1) is 13.2 Å². The lowest BCUT2D eigenvalue weighted by Gasteiger charge is -2.04. The van der Waals surface area contributed by atoms with Gasteiger partial charge in [0.15, 0.2) is 0 Å². The first kappa shape index (κ1) is 12.8. The monoisotopic (exact) mass is 262 g/mol. The number of hydrogen-bond acceptors (Lipinski definition) is 4. The van der Waals surface area contributed by atoms with Crippen LogP contribution in [0.4, 0.5) is 0 Å². The Morgan fingerprint density at radius 2 is 2.00 bits per heavy atom. The van der Waals surface area contributed by atoms with Gasteiger partial charge in [-0.15, -0.1) is 11.3 Å². The van der Waals surface area contributed by atoms with E-state index in [1.807, 2.05) is 29.6 Å². The van der Waals surface area contributed by atoms with E-state index in [-0.39, 0.29) is 5.91 Å². The smallest absolute Gasteiger partial charge is 0.265 e. The zero-order chi connectivity index (χ0) is 12.8. The van der Waals surface area contributed by atoms with Crippen LogP contribution < -0.4 is 11.3 Å². The number of nitrogen functional groups attached to an aromatic ring is 1. The van der Waals surface area contributed by atoms with Crippen molar-refractivity contribution in [3.8, 4) is 0 Å². The number of hydrogen-bond donors (Lipinski definition) is 2. The highest BCUT2D eigenvalue weighted by atomic mass is 32.1. The van der Waals surface area contributed by atoms with E-state index < -0.39 is 0 Å². The molecule has 0 unspecified atom stereocenters. The van der Waals surface area contributed by atoms with Crippen LogP contribution in [0, 0.1) is 0 Å². The van der Waals surface area contributed by atoms with Crippen molar-refractivity contribution in [1.29, 1.82) is 0 Å². The summed E-state index contributed by atoms with van der Waals surface area (Å²) in [6, 6.07) is 11.2. The minimum absolute atomic E-state index is 0.291. The zero-order valence-electron chi connectivity index (χ0n) is 9.76. The molecular weight excluding hydrogens is 248 g/mol. The summed E-state index contributed by atoms with van der Waals surface area (Å²) >= 11 is 1.68. The second-order valence-corrected chi connectivity index (χ2v) is 4.77. The molecule has 4 nitrogen and oxygen atoms in total. The molecule has 0 aliphatic carbocycles. The molecule has 0 fully saturated rings. The molecular formula is C13H14N2O2S. The SMILES string of the molecule is NNC(=O)c1ccc(COCc2cccs2)cc1. The lowest BCUT2D eigenvalue weighted by Crippen LogP contribution is -2.29. The number of nitrogens with one attached hydrogen (secondary N) is 1. The zero-order valence-corrected chi connectivity index (χ0v) is 10.6. The summed E-state index contributed by atoms with van der Waals surface area (Å²) in [6.07, 6.45) is 0. The molecule has 0 saturated carbocycles. The van der Waals surface area contributed by atoms with Crippen LogP contribution >= 0.6 is 11.3 Å². The van der Waals surface area contributed by atoms with Gasteiger partial charge in [-0.3, -0.25) is 10.2 Å². The number of thiophene rings is 1. The quantitative estimate of drug-likeness (QED) is 0.492. The normalized spacial score (nSPS) is 10.3. The summed E-state index contributed by atoms with van der Waals surface area (Å²) in [5.41, 5.74) is 3.66. The van der Waals surface area contributed by atoms with Crippen LogP contribution in [0.3, 0.4) is 0 Å². The molecule has 0 saturated heterocycles. The van der Waals surface area contributed by atoms with E-state index in [4.69, 9.17) is 10.6 Å². The van der Waals surface area contributed by atoms with Gasteiger partial charge in [0.1, 0.15) is 0 Å². The van der Waals surface area contributed by atoms with Crippen LogP contribution in [-0.4, -0.2) is 5.91 Å². The highest BCUT2D eigenvalue weighted by Crippen LogP contribution is 2.12. The average molecular weight is 262 g/mol.